The van der Waals surface area contributed by atoms with E-state index in [4.69, 9.17) is 9.47 Å². The third-order valence-electron chi connectivity index (χ3n) is 2.51. The molecule has 2 rings (SSSR count). The van der Waals surface area contributed by atoms with E-state index >= 15 is 0 Å². The summed E-state index contributed by atoms with van der Waals surface area (Å²) in [7, 11) is 0. The van der Waals surface area contributed by atoms with Gasteiger partial charge in [0.15, 0.2) is 5.78 Å². The summed E-state index contributed by atoms with van der Waals surface area (Å²) in [6, 6.07) is 4.40. The van der Waals surface area contributed by atoms with Gasteiger partial charge in [-0.15, -0.1) is 0 Å². The average molecular weight is 224 g/mol. The molecule has 1 unspecified atom stereocenters. The number of benzene rings is 1. The number of ketones is 1. The van der Waals surface area contributed by atoms with Crippen molar-refractivity contribution in [1.82, 2.24) is 0 Å². The first-order valence-corrected chi connectivity index (χ1v) is 5.22. The highest BCUT2D eigenvalue weighted by Gasteiger charge is 2.21. The first-order valence-electron chi connectivity index (χ1n) is 5.22. The maximum absolute atomic E-state index is 13.4. The molecule has 1 fully saturated rings. The Hall–Kier alpha value is -1.42. The zero-order valence-electron chi connectivity index (χ0n) is 9.03. The lowest BCUT2D eigenvalue weighted by Crippen LogP contribution is -2.17. The van der Waals surface area contributed by atoms with Crippen LogP contribution in [0.15, 0.2) is 18.2 Å². The highest BCUT2D eigenvalue weighted by atomic mass is 19.1. The van der Waals surface area contributed by atoms with Gasteiger partial charge in [0.05, 0.1) is 18.8 Å². The van der Waals surface area contributed by atoms with Crippen molar-refractivity contribution in [3.63, 3.8) is 0 Å². The van der Waals surface area contributed by atoms with Gasteiger partial charge in [-0.25, -0.2) is 4.39 Å². The first kappa shape index (κ1) is 11.1. The van der Waals surface area contributed by atoms with Gasteiger partial charge in [-0.05, 0) is 19.1 Å². The second-order valence-corrected chi connectivity index (χ2v) is 3.77. The fraction of sp³-hybridized carbons (Fsp3) is 0.417. The Morgan fingerprint density at radius 2 is 2.38 bits per heavy atom. The number of halogens is 1. The molecule has 0 aliphatic carbocycles. The second kappa shape index (κ2) is 4.61. The summed E-state index contributed by atoms with van der Waals surface area (Å²) in [6.45, 7) is 2.47. The summed E-state index contributed by atoms with van der Waals surface area (Å²) in [6.07, 6.45) is 0.688. The molecule has 0 N–H and O–H groups in total. The van der Waals surface area contributed by atoms with Crippen LogP contribution in [-0.4, -0.2) is 25.1 Å². The van der Waals surface area contributed by atoms with Gasteiger partial charge in [0.1, 0.15) is 17.7 Å². The van der Waals surface area contributed by atoms with Crippen molar-refractivity contribution >= 4 is 5.78 Å². The quantitative estimate of drug-likeness (QED) is 0.738. The van der Waals surface area contributed by atoms with Crippen LogP contribution in [0.5, 0.6) is 5.75 Å². The minimum Gasteiger partial charge on any atom is -0.487 e. The van der Waals surface area contributed by atoms with Crippen molar-refractivity contribution in [2.75, 3.05) is 13.2 Å². The van der Waals surface area contributed by atoms with Crippen molar-refractivity contribution in [2.45, 2.75) is 19.4 Å². The standard InChI is InChI=1S/C12H13FO3/c1-8(14)12-10(13)3-2-4-11(12)16-9-5-6-15-7-9/h2-4,9H,5-7H2,1H3. The van der Waals surface area contributed by atoms with E-state index in [1.165, 1.54) is 19.1 Å². The molecule has 1 heterocycles. The molecule has 4 heteroatoms. The van der Waals surface area contributed by atoms with Crippen LogP contribution in [0.3, 0.4) is 0 Å². The minimum absolute atomic E-state index is 0.0226. The predicted molar refractivity (Wildman–Crippen MR) is 56.3 cm³/mol. The van der Waals surface area contributed by atoms with Gasteiger partial charge < -0.3 is 9.47 Å². The lowest BCUT2D eigenvalue weighted by Gasteiger charge is -2.14. The lowest BCUT2D eigenvalue weighted by molar-refractivity contribution is 0.0997. The zero-order valence-corrected chi connectivity index (χ0v) is 9.03. The van der Waals surface area contributed by atoms with Gasteiger partial charge in [-0.2, -0.15) is 0 Å². The molecule has 0 spiro atoms. The van der Waals surface area contributed by atoms with E-state index in [1.807, 2.05) is 0 Å². The van der Waals surface area contributed by atoms with Crippen LogP contribution in [0, 0.1) is 5.82 Å². The molecule has 16 heavy (non-hydrogen) atoms. The van der Waals surface area contributed by atoms with E-state index in [9.17, 15) is 9.18 Å². The molecule has 1 aliphatic heterocycles. The molecule has 0 aromatic heterocycles. The topological polar surface area (TPSA) is 35.5 Å². The highest BCUT2D eigenvalue weighted by Crippen LogP contribution is 2.24. The number of Topliss-reactive ketones (excluding diaryl/α,β-unsaturated/α-hetero) is 1. The summed E-state index contributed by atoms with van der Waals surface area (Å²) >= 11 is 0. The monoisotopic (exact) mass is 224 g/mol. The Kier molecular flexibility index (Phi) is 3.19. The van der Waals surface area contributed by atoms with E-state index in [-0.39, 0.29) is 17.5 Å². The lowest BCUT2D eigenvalue weighted by atomic mass is 10.1. The molecule has 1 saturated heterocycles. The summed E-state index contributed by atoms with van der Waals surface area (Å²) in [5.74, 6) is -0.557. The maximum atomic E-state index is 13.4. The van der Waals surface area contributed by atoms with Crippen LogP contribution in [0.1, 0.15) is 23.7 Å². The van der Waals surface area contributed by atoms with Crippen molar-refractivity contribution in [3.8, 4) is 5.75 Å². The minimum atomic E-state index is -0.538. The first-order chi connectivity index (χ1) is 7.68. The van der Waals surface area contributed by atoms with Gasteiger partial charge in [0, 0.05) is 6.42 Å². The SMILES string of the molecule is CC(=O)c1c(F)cccc1OC1CCOC1. The summed E-state index contributed by atoms with van der Waals surface area (Å²) in [5.41, 5.74) is 0.0226. The largest absolute Gasteiger partial charge is 0.487 e. The number of hydrogen-bond donors (Lipinski definition) is 0. The maximum Gasteiger partial charge on any atom is 0.166 e. The number of hydrogen-bond acceptors (Lipinski definition) is 3. The Bertz CT molecular complexity index is 397. The fourth-order valence-corrected chi connectivity index (χ4v) is 1.73. The molecule has 0 radical (unpaired) electrons. The number of carbonyl (C=O) groups excluding carboxylic acids is 1. The molecular formula is C12H13FO3. The third kappa shape index (κ3) is 2.22. The number of rotatable bonds is 3. The van der Waals surface area contributed by atoms with Crippen LogP contribution in [0.2, 0.25) is 0 Å². The van der Waals surface area contributed by atoms with E-state index in [0.717, 1.165) is 6.42 Å². The molecular weight excluding hydrogens is 211 g/mol. The van der Waals surface area contributed by atoms with Crippen molar-refractivity contribution < 1.29 is 18.7 Å². The second-order valence-electron chi connectivity index (χ2n) is 3.77. The molecule has 1 aromatic carbocycles. The van der Waals surface area contributed by atoms with Gasteiger partial charge in [-0.3, -0.25) is 4.79 Å². The molecule has 1 aliphatic rings. The van der Waals surface area contributed by atoms with Crippen molar-refractivity contribution in [2.24, 2.45) is 0 Å². The van der Waals surface area contributed by atoms with Crippen molar-refractivity contribution in [3.05, 3.63) is 29.6 Å². The molecule has 3 nitrogen and oxygen atoms in total. The molecule has 86 valence electrons. The highest BCUT2D eigenvalue weighted by molar-refractivity contribution is 5.97. The van der Waals surface area contributed by atoms with E-state index in [2.05, 4.69) is 0 Å². The van der Waals surface area contributed by atoms with Crippen LogP contribution in [-0.2, 0) is 4.74 Å². The van der Waals surface area contributed by atoms with Crippen molar-refractivity contribution in [1.29, 1.82) is 0 Å². The Morgan fingerprint density at radius 3 is 3.00 bits per heavy atom. The summed E-state index contributed by atoms with van der Waals surface area (Å²) in [5, 5.41) is 0. The predicted octanol–water partition coefficient (Wildman–Crippen LogP) is 2.20. The molecule has 0 bridgehead atoms. The molecule has 1 atom stereocenters. The Balaban J connectivity index is 2.25. The smallest absolute Gasteiger partial charge is 0.166 e. The zero-order chi connectivity index (χ0) is 11.5. The fourth-order valence-electron chi connectivity index (χ4n) is 1.73. The molecule has 0 amide bonds. The summed E-state index contributed by atoms with van der Waals surface area (Å²) < 4.78 is 24.2. The molecule has 0 saturated carbocycles. The Labute approximate surface area is 93.2 Å². The van der Waals surface area contributed by atoms with Gasteiger partial charge >= 0.3 is 0 Å². The van der Waals surface area contributed by atoms with E-state index < -0.39 is 5.82 Å². The Morgan fingerprint density at radius 1 is 1.56 bits per heavy atom. The number of ether oxygens (including phenoxy) is 2. The van der Waals surface area contributed by atoms with E-state index in [0.29, 0.717) is 19.0 Å². The van der Waals surface area contributed by atoms with Crippen LogP contribution >= 0.6 is 0 Å². The normalized spacial score (nSPS) is 19.8. The van der Waals surface area contributed by atoms with Gasteiger partial charge in [0.25, 0.3) is 0 Å². The third-order valence-corrected chi connectivity index (χ3v) is 2.51. The van der Waals surface area contributed by atoms with Crippen LogP contribution in [0.4, 0.5) is 4.39 Å². The van der Waals surface area contributed by atoms with E-state index in [1.54, 1.807) is 6.07 Å². The van der Waals surface area contributed by atoms with Gasteiger partial charge in [-0.1, -0.05) is 6.07 Å². The summed E-state index contributed by atoms with van der Waals surface area (Å²) in [4.78, 5) is 11.3. The average Bonchev–Trinajstić information content (AvgIpc) is 2.70. The van der Waals surface area contributed by atoms with Crippen LogP contribution < -0.4 is 4.74 Å². The number of carbonyl (C=O) groups is 1. The van der Waals surface area contributed by atoms with Crippen LogP contribution in [0.25, 0.3) is 0 Å². The van der Waals surface area contributed by atoms with Gasteiger partial charge in [0.2, 0.25) is 0 Å². The molecule has 1 aromatic rings.